The van der Waals surface area contributed by atoms with Crippen LogP contribution in [-0.4, -0.2) is 64.7 Å². The summed E-state index contributed by atoms with van der Waals surface area (Å²) in [5.41, 5.74) is 3.74. The van der Waals surface area contributed by atoms with Gasteiger partial charge in [0.05, 0.1) is 12.8 Å². The van der Waals surface area contributed by atoms with Crippen LogP contribution in [0, 0.1) is 18.8 Å². The predicted octanol–water partition coefficient (Wildman–Crippen LogP) is 7.03. The van der Waals surface area contributed by atoms with E-state index in [-0.39, 0.29) is 24.0 Å². The molecule has 7 rings (SSSR count). The van der Waals surface area contributed by atoms with Gasteiger partial charge in [0.1, 0.15) is 29.6 Å². The quantitative estimate of drug-likeness (QED) is 0.249. The zero-order valence-electron chi connectivity index (χ0n) is 27.0. The van der Waals surface area contributed by atoms with E-state index in [9.17, 15) is 9.59 Å². The second-order valence-corrected chi connectivity index (χ2v) is 13.6. The highest BCUT2D eigenvalue weighted by Crippen LogP contribution is 2.41. The van der Waals surface area contributed by atoms with Crippen molar-refractivity contribution in [2.45, 2.75) is 95.5 Å². The molecule has 1 saturated heterocycles. The molecule has 3 aliphatic carbocycles. The lowest BCUT2D eigenvalue weighted by atomic mass is 9.79. The van der Waals surface area contributed by atoms with Crippen LogP contribution in [0.3, 0.4) is 0 Å². The van der Waals surface area contributed by atoms with Gasteiger partial charge in [-0.15, -0.1) is 0 Å². The molecule has 46 heavy (non-hydrogen) atoms. The third-order valence-corrected chi connectivity index (χ3v) is 10.4. The number of amides is 2. The second-order valence-electron chi connectivity index (χ2n) is 13.6. The summed E-state index contributed by atoms with van der Waals surface area (Å²) >= 11 is 0. The van der Waals surface area contributed by atoms with Gasteiger partial charge in [0.2, 0.25) is 5.91 Å². The molecule has 4 heterocycles. The van der Waals surface area contributed by atoms with E-state index in [1.807, 2.05) is 30.0 Å². The van der Waals surface area contributed by atoms with Crippen molar-refractivity contribution >= 4 is 17.8 Å². The molecule has 10 nitrogen and oxygen atoms in total. The minimum atomic E-state index is -0.211. The average Bonchev–Trinajstić information content (AvgIpc) is 3.79. The predicted molar refractivity (Wildman–Crippen MR) is 173 cm³/mol. The minimum absolute atomic E-state index is 0.116. The average molecular weight is 628 g/mol. The maximum absolute atomic E-state index is 14.3. The highest BCUT2D eigenvalue weighted by atomic mass is 16.6. The van der Waals surface area contributed by atoms with E-state index in [1.54, 1.807) is 24.5 Å². The first kappa shape index (κ1) is 30.7. The van der Waals surface area contributed by atoms with Crippen molar-refractivity contribution in [1.29, 1.82) is 0 Å². The molecule has 3 saturated carbocycles. The van der Waals surface area contributed by atoms with Gasteiger partial charge in [-0.05, 0) is 108 Å². The molecule has 0 bridgehead atoms. The zero-order chi connectivity index (χ0) is 31.6. The normalized spacial score (nSPS) is 24.6. The lowest BCUT2D eigenvalue weighted by Gasteiger charge is -2.36. The number of hydrogen-bond acceptors (Lipinski definition) is 8. The first-order chi connectivity index (χ1) is 22.4. The summed E-state index contributed by atoms with van der Waals surface area (Å²) < 4.78 is 17.0. The van der Waals surface area contributed by atoms with Crippen LogP contribution in [0.1, 0.15) is 99.7 Å². The summed E-state index contributed by atoms with van der Waals surface area (Å²) in [5, 5.41) is 0. The zero-order valence-corrected chi connectivity index (χ0v) is 27.0. The number of likely N-dealkylation sites (tertiary alicyclic amines) is 1. The molecule has 4 fully saturated rings. The van der Waals surface area contributed by atoms with Crippen molar-refractivity contribution in [2.75, 3.05) is 31.6 Å². The van der Waals surface area contributed by atoms with Crippen LogP contribution in [0.4, 0.5) is 10.6 Å². The first-order valence-electron chi connectivity index (χ1n) is 17.2. The minimum Gasteiger partial charge on any atom is -0.495 e. The number of rotatable bonds is 9. The van der Waals surface area contributed by atoms with Gasteiger partial charge in [0, 0.05) is 54.8 Å². The second kappa shape index (κ2) is 13.4. The van der Waals surface area contributed by atoms with Crippen LogP contribution >= 0.6 is 0 Å². The molecule has 2 amide bonds. The Morgan fingerprint density at radius 3 is 2.39 bits per heavy atom. The van der Waals surface area contributed by atoms with Crippen molar-refractivity contribution in [3.63, 3.8) is 0 Å². The summed E-state index contributed by atoms with van der Waals surface area (Å²) in [6.45, 7) is 4.19. The molecule has 0 atom stereocenters. The lowest BCUT2D eigenvalue weighted by Crippen LogP contribution is -2.45. The van der Waals surface area contributed by atoms with Gasteiger partial charge < -0.3 is 18.8 Å². The highest BCUT2D eigenvalue weighted by molar-refractivity contribution is 5.94. The highest BCUT2D eigenvalue weighted by Gasteiger charge is 2.35. The van der Waals surface area contributed by atoms with Gasteiger partial charge in [0.15, 0.2) is 5.89 Å². The Kier molecular flexibility index (Phi) is 8.95. The van der Waals surface area contributed by atoms with Crippen LogP contribution in [0.5, 0.6) is 5.75 Å². The molecule has 10 heteroatoms. The number of anilines is 1. The van der Waals surface area contributed by atoms with E-state index in [0.29, 0.717) is 55.8 Å². The lowest BCUT2D eigenvalue weighted by molar-refractivity contribution is -0.124. The van der Waals surface area contributed by atoms with Gasteiger partial charge in [-0.2, -0.15) is 0 Å². The summed E-state index contributed by atoms with van der Waals surface area (Å²) in [4.78, 5) is 44.7. The van der Waals surface area contributed by atoms with Gasteiger partial charge in [0.25, 0.3) is 0 Å². The number of carbonyl (C=O) groups is 2. The van der Waals surface area contributed by atoms with Crippen LogP contribution < -0.4 is 9.64 Å². The molecular formula is C36H45N5O5. The monoisotopic (exact) mass is 627 g/mol. The third kappa shape index (κ3) is 6.76. The topological polar surface area (TPSA) is 111 Å². The number of pyridine rings is 2. The number of nitrogens with zero attached hydrogens (tertiary/aromatic N) is 5. The van der Waals surface area contributed by atoms with Crippen LogP contribution in [-0.2, 0) is 9.53 Å². The van der Waals surface area contributed by atoms with Crippen molar-refractivity contribution < 1.29 is 23.5 Å². The van der Waals surface area contributed by atoms with Crippen LogP contribution in [0.25, 0.3) is 11.3 Å². The number of methoxy groups -OCH3 is 1. The van der Waals surface area contributed by atoms with Gasteiger partial charge in [-0.3, -0.25) is 14.7 Å². The van der Waals surface area contributed by atoms with E-state index in [1.165, 1.54) is 0 Å². The first-order valence-corrected chi connectivity index (χ1v) is 17.2. The molecule has 3 aromatic heterocycles. The Bertz CT molecular complexity index is 1530. The largest absolute Gasteiger partial charge is 0.495 e. The van der Waals surface area contributed by atoms with Crippen molar-refractivity contribution in [1.82, 2.24) is 19.9 Å². The van der Waals surface area contributed by atoms with Gasteiger partial charge in [-0.1, -0.05) is 0 Å². The Hall–Kier alpha value is -3.95. The molecule has 1 aliphatic heterocycles. The van der Waals surface area contributed by atoms with Crippen molar-refractivity contribution in [2.24, 2.45) is 11.8 Å². The molecule has 244 valence electrons. The SMILES string of the molecule is COc1ccc(C2CCC(CN(C(=O)C3CCC(OC(=O)N4CCC4)CC3)c3cc(-c4coc(C5CC5)n4)ccn3)CC2)nc1C. The van der Waals surface area contributed by atoms with Crippen molar-refractivity contribution in [3.8, 4) is 17.0 Å². The van der Waals surface area contributed by atoms with Gasteiger partial charge in [-0.25, -0.2) is 14.8 Å². The van der Waals surface area contributed by atoms with E-state index in [0.717, 1.165) is 92.3 Å². The fourth-order valence-electron chi connectivity index (χ4n) is 7.23. The molecule has 0 N–H and O–H groups in total. The summed E-state index contributed by atoms with van der Waals surface area (Å²) in [6, 6.07) is 8.04. The number of aryl methyl sites for hydroxylation is 1. The number of oxazole rings is 1. The van der Waals surface area contributed by atoms with Crippen molar-refractivity contribution in [3.05, 3.63) is 54.0 Å². The Labute approximate surface area is 270 Å². The fourth-order valence-corrected chi connectivity index (χ4v) is 7.23. The number of aromatic nitrogens is 3. The van der Waals surface area contributed by atoms with Crippen LogP contribution in [0.15, 0.2) is 41.1 Å². The maximum atomic E-state index is 14.3. The Morgan fingerprint density at radius 1 is 0.957 bits per heavy atom. The molecular weight excluding hydrogens is 582 g/mol. The van der Waals surface area contributed by atoms with E-state index < -0.39 is 0 Å². The number of ether oxygens (including phenoxy) is 2. The molecule has 0 aromatic carbocycles. The summed E-state index contributed by atoms with van der Waals surface area (Å²) in [6.07, 6.45) is 13.4. The molecule has 0 spiro atoms. The fraction of sp³-hybridized carbons (Fsp3) is 0.583. The smallest absolute Gasteiger partial charge is 0.410 e. The number of hydrogen-bond donors (Lipinski definition) is 0. The molecule has 3 aromatic rings. The summed E-state index contributed by atoms with van der Waals surface area (Å²) in [7, 11) is 1.68. The Morgan fingerprint density at radius 2 is 1.72 bits per heavy atom. The molecule has 4 aliphatic rings. The van der Waals surface area contributed by atoms with Gasteiger partial charge >= 0.3 is 6.09 Å². The van der Waals surface area contributed by atoms with E-state index >= 15 is 0 Å². The van der Waals surface area contributed by atoms with Crippen LogP contribution in [0.2, 0.25) is 0 Å². The van der Waals surface area contributed by atoms with E-state index in [4.69, 9.17) is 28.8 Å². The third-order valence-electron chi connectivity index (χ3n) is 10.4. The molecule has 0 radical (unpaired) electrons. The summed E-state index contributed by atoms with van der Waals surface area (Å²) in [5.74, 6) is 3.48. The Balaban J connectivity index is 1.05. The maximum Gasteiger partial charge on any atom is 0.410 e. The standard InChI is InChI=1S/C36H45N5O5/c1-23-32(44-2)15-14-30(38-23)25-6-4-24(5-7-25)21-41(33-20-28(16-17-37-33)31-22-45-34(39-31)26-8-9-26)35(42)27-10-12-29(13-11-27)46-36(43)40-18-3-19-40/h14-17,20,22,24-27,29H,3-13,18-19,21H2,1-2H3. The molecule has 0 unspecified atom stereocenters. The number of carbonyl (C=O) groups excluding carboxylic acids is 2. The van der Waals surface area contributed by atoms with E-state index in [2.05, 4.69) is 6.07 Å².